The minimum absolute atomic E-state index is 0.258. The van der Waals surface area contributed by atoms with Gasteiger partial charge in [0.05, 0.1) is 0 Å². The Labute approximate surface area is 87.6 Å². The van der Waals surface area contributed by atoms with E-state index in [1.54, 1.807) is 6.92 Å². The largest absolute Gasteiger partial charge is 0.300 e. The molecule has 1 fully saturated rings. The van der Waals surface area contributed by atoms with E-state index in [4.69, 9.17) is 0 Å². The van der Waals surface area contributed by atoms with Crippen molar-refractivity contribution in [2.75, 3.05) is 0 Å². The molecular weight excluding hydrogens is 172 g/mol. The Hall–Kier alpha value is -0.590. The van der Waals surface area contributed by atoms with Gasteiger partial charge in [0.2, 0.25) is 0 Å². The number of carbonyl (C=O) groups is 1. The summed E-state index contributed by atoms with van der Waals surface area (Å²) in [5.74, 6) is 0.258. The fourth-order valence-corrected chi connectivity index (χ4v) is 2.28. The first-order valence-electron chi connectivity index (χ1n) is 5.77. The Morgan fingerprint density at radius 2 is 1.93 bits per heavy atom. The number of hydrogen-bond donors (Lipinski definition) is 0. The monoisotopic (exact) mass is 194 g/mol. The van der Waals surface area contributed by atoms with Gasteiger partial charge in [-0.25, -0.2) is 0 Å². The third-order valence-corrected chi connectivity index (χ3v) is 3.30. The second kappa shape index (κ2) is 5.33. The molecule has 0 unspecified atom stereocenters. The van der Waals surface area contributed by atoms with Crippen molar-refractivity contribution in [2.24, 2.45) is 5.41 Å². The molecule has 0 bridgehead atoms. The summed E-state index contributed by atoms with van der Waals surface area (Å²) < 4.78 is 0. The van der Waals surface area contributed by atoms with Crippen molar-refractivity contribution in [1.29, 1.82) is 0 Å². The summed E-state index contributed by atoms with van der Waals surface area (Å²) in [6.45, 7) is 4.04. The van der Waals surface area contributed by atoms with Crippen LogP contribution in [0.3, 0.4) is 0 Å². The molecule has 0 aliphatic heterocycles. The summed E-state index contributed by atoms with van der Waals surface area (Å²) in [6.07, 6.45) is 12.8. The van der Waals surface area contributed by atoms with E-state index in [9.17, 15) is 4.79 Å². The van der Waals surface area contributed by atoms with E-state index >= 15 is 0 Å². The minimum Gasteiger partial charge on any atom is -0.300 e. The van der Waals surface area contributed by atoms with E-state index in [1.165, 1.54) is 32.1 Å². The standard InChI is InChI=1S/C13H22O/c1-12(14)8-4-3-5-9-13(2)10-6-7-11-13/h3-4H,5-11H2,1-2H3/b4-3+. The van der Waals surface area contributed by atoms with E-state index in [0.29, 0.717) is 11.8 Å². The van der Waals surface area contributed by atoms with Crippen LogP contribution in [0, 0.1) is 5.41 Å². The predicted molar refractivity (Wildman–Crippen MR) is 60.2 cm³/mol. The molecular formula is C13H22O. The lowest BCUT2D eigenvalue weighted by Gasteiger charge is -2.22. The van der Waals surface area contributed by atoms with E-state index < -0.39 is 0 Å². The number of ketones is 1. The van der Waals surface area contributed by atoms with E-state index in [1.807, 2.05) is 6.08 Å². The molecule has 1 aliphatic rings. The van der Waals surface area contributed by atoms with Gasteiger partial charge in [0.15, 0.2) is 0 Å². The zero-order valence-electron chi connectivity index (χ0n) is 9.51. The molecule has 1 nitrogen and oxygen atoms in total. The number of Topliss-reactive ketones (excluding diaryl/α,β-unsaturated/α-hetero) is 1. The molecule has 0 aromatic carbocycles. The van der Waals surface area contributed by atoms with Crippen molar-refractivity contribution in [3.8, 4) is 0 Å². The Morgan fingerprint density at radius 3 is 2.50 bits per heavy atom. The molecule has 1 heteroatoms. The second-order valence-electron chi connectivity index (χ2n) is 4.93. The predicted octanol–water partition coefficient (Wildman–Crippen LogP) is 3.88. The van der Waals surface area contributed by atoms with E-state index in [-0.39, 0.29) is 5.78 Å². The SMILES string of the molecule is CC(=O)C/C=C/CCC1(C)CCCC1. The van der Waals surface area contributed by atoms with Crippen LogP contribution in [0.25, 0.3) is 0 Å². The first-order chi connectivity index (χ1) is 6.62. The van der Waals surface area contributed by atoms with Crippen LogP contribution in [0.1, 0.15) is 58.8 Å². The second-order valence-corrected chi connectivity index (χ2v) is 4.93. The van der Waals surface area contributed by atoms with Gasteiger partial charge in [0.1, 0.15) is 5.78 Å². The van der Waals surface area contributed by atoms with Gasteiger partial charge in [0.25, 0.3) is 0 Å². The quantitative estimate of drug-likeness (QED) is 0.607. The van der Waals surface area contributed by atoms with Crippen LogP contribution in [0.15, 0.2) is 12.2 Å². The van der Waals surface area contributed by atoms with Crippen LogP contribution in [0.4, 0.5) is 0 Å². The van der Waals surface area contributed by atoms with E-state index in [0.717, 1.165) is 6.42 Å². The molecule has 0 aromatic rings. The summed E-state index contributed by atoms with van der Waals surface area (Å²) in [6, 6.07) is 0. The van der Waals surface area contributed by atoms with Crippen molar-refractivity contribution in [1.82, 2.24) is 0 Å². The third kappa shape index (κ3) is 4.08. The van der Waals surface area contributed by atoms with Crippen molar-refractivity contribution in [2.45, 2.75) is 58.8 Å². The van der Waals surface area contributed by atoms with Crippen LogP contribution in [0.5, 0.6) is 0 Å². The zero-order chi connectivity index (χ0) is 10.4. The summed E-state index contributed by atoms with van der Waals surface area (Å²) in [4.78, 5) is 10.7. The summed E-state index contributed by atoms with van der Waals surface area (Å²) in [5.41, 5.74) is 0.598. The molecule has 0 heterocycles. The average Bonchev–Trinajstić information content (AvgIpc) is 2.51. The number of allylic oxidation sites excluding steroid dienone is 2. The van der Waals surface area contributed by atoms with Gasteiger partial charge < -0.3 is 0 Å². The Morgan fingerprint density at radius 1 is 1.29 bits per heavy atom. The maximum atomic E-state index is 10.7. The summed E-state index contributed by atoms with van der Waals surface area (Å²) in [7, 11) is 0. The van der Waals surface area contributed by atoms with Crippen LogP contribution < -0.4 is 0 Å². The molecule has 14 heavy (non-hydrogen) atoms. The van der Waals surface area contributed by atoms with Crippen molar-refractivity contribution in [3.63, 3.8) is 0 Å². The highest BCUT2D eigenvalue weighted by Gasteiger charge is 2.27. The van der Waals surface area contributed by atoms with Crippen LogP contribution in [-0.4, -0.2) is 5.78 Å². The van der Waals surface area contributed by atoms with Crippen LogP contribution >= 0.6 is 0 Å². The molecule has 0 radical (unpaired) electrons. The van der Waals surface area contributed by atoms with Gasteiger partial charge in [-0.05, 0) is 38.0 Å². The molecule has 1 aliphatic carbocycles. The fourth-order valence-electron chi connectivity index (χ4n) is 2.28. The van der Waals surface area contributed by atoms with Crippen molar-refractivity contribution in [3.05, 3.63) is 12.2 Å². The molecule has 0 amide bonds. The molecule has 0 atom stereocenters. The topological polar surface area (TPSA) is 17.1 Å². The highest BCUT2D eigenvalue weighted by molar-refractivity contribution is 5.76. The highest BCUT2D eigenvalue weighted by Crippen LogP contribution is 2.41. The molecule has 0 N–H and O–H groups in total. The fraction of sp³-hybridized carbons (Fsp3) is 0.769. The third-order valence-electron chi connectivity index (χ3n) is 3.30. The van der Waals surface area contributed by atoms with Gasteiger partial charge in [-0.2, -0.15) is 0 Å². The smallest absolute Gasteiger partial charge is 0.133 e. The van der Waals surface area contributed by atoms with Crippen LogP contribution in [0.2, 0.25) is 0 Å². The first-order valence-corrected chi connectivity index (χ1v) is 5.77. The number of rotatable bonds is 5. The Kier molecular flexibility index (Phi) is 4.37. The lowest BCUT2D eigenvalue weighted by atomic mass is 9.84. The maximum Gasteiger partial charge on any atom is 0.133 e. The molecule has 0 spiro atoms. The van der Waals surface area contributed by atoms with Gasteiger partial charge in [0, 0.05) is 6.42 Å². The Balaban J connectivity index is 2.14. The minimum atomic E-state index is 0.258. The Bertz CT molecular complexity index is 209. The summed E-state index contributed by atoms with van der Waals surface area (Å²) >= 11 is 0. The molecule has 80 valence electrons. The normalized spacial score (nSPS) is 20.4. The zero-order valence-corrected chi connectivity index (χ0v) is 9.51. The first kappa shape index (κ1) is 11.5. The highest BCUT2D eigenvalue weighted by atomic mass is 16.1. The summed E-state index contributed by atoms with van der Waals surface area (Å²) in [5, 5.41) is 0. The van der Waals surface area contributed by atoms with Gasteiger partial charge in [-0.15, -0.1) is 0 Å². The van der Waals surface area contributed by atoms with Gasteiger partial charge in [-0.1, -0.05) is 31.9 Å². The van der Waals surface area contributed by atoms with E-state index in [2.05, 4.69) is 13.0 Å². The van der Waals surface area contributed by atoms with Crippen molar-refractivity contribution >= 4 is 5.78 Å². The van der Waals surface area contributed by atoms with Gasteiger partial charge >= 0.3 is 0 Å². The van der Waals surface area contributed by atoms with Gasteiger partial charge in [-0.3, -0.25) is 4.79 Å². The molecule has 0 aromatic heterocycles. The molecule has 0 saturated heterocycles. The molecule has 1 rings (SSSR count). The van der Waals surface area contributed by atoms with Crippen molar-refractivity contribution < 1.29 is 4.79 Å². The number of hydrogen-bond acceptors (Lipinski definition) is 1. The average molecular weight is 194 g/mol. The van der Waals surface area contributed by atoms with Crippen LogP contribution in [-0.2, 0) is 4.79 Å². The lowest BCUT2D eigenvalue weighted by molar-refractivity contribution is -0.116. The lowest BCUT2D eigenvalue weighted by Crippen LogP contribution is -2.09. The maximum absolute atomic E-state index is 10.7. The number of carbonyl (C=O) groups excluding carboxylic acids is 1. The molecule has 1 saturated carbocycles.